The van der Waals surface area contributed by atoms with Crippen molar-refractivity contribution in [1.82, 2.24) is 0 Å². The van der Waals surface area contributed by atoms with Crippen LogP contribution in [0.25, 0.3) is 0 Å². The Morgan fingerprint density at radius 2 is 1.62 bits per heavy atom. The number of hydrogen-bond donors (Lipinski definition) is 1. The normalized spacial score (nSPS) is 23.1. The number of rotatable bonds is 0. The van der Waals surface area contributed by atoms with Crippen LogP contribution >= 0.6 is 12.6 Å². The van der Waals surface area contributed by atoms with Crippen molar-refractivity contribution in [3.63, 3.8) is 0 Å². The molecule has 8 heavy (non-hydrogen) atoms. The van der Waals surface area contributed by atoms with Gasteiger partial charge in [0.15, 0.2) is 0 Å². The summed E-state index contributed by atoms with van der Waals surface area (Å²) in [5.41, 5.74) is 0. The maximum Gasteiger partial charge on any atom is 0.00227 e. The topological polar surface area (TPSA) is 0 Å². The smallest absolute Gasteiger partial charge is 0.00227 e. The van der Waals surface area contributed by atoms with E-state index in [0.717, 1.165) is 0 Å². The lowest BCUT2D eigenvalue weighted by atomic mass is 10.2. The van der Waals surface area contributed by atoms with Gasteiger partial charge in [-0.2, -0.15) is 12.6 Å². The molecule has 0 aromatic rings. The molecule has 0 fully saturated rings. The van der Waals surface area contributed by atoms with Gasteiger partial charge in [0.05, 0.1) is 0 Å². The van der Waals surface area contributed by atoms with Crippen LogP contribution in [0, 0.1) is 0 Å². The highest BCUT2D eigenvalue weighted by molar-refractivity contribution is 7.80. The Labute approximate surface area is 56.4 Å². The van der Waals surface area contributed by atoms with Crippen molar-refractivity contribution < 1.29 is 0 Å². The Kier molecular flexibility index (Phi) is 2.47. The van der Waals surface area contributed by atoms with Gasteiger partial charge in [-0.15, -0.1) is 0 Å². The Morgan fingerprint density at radius 3 is 2.12 bits per heavy atom. The molecule has 0 saturated heterocycles. The minimum atomic E-state index is 0.657. The van der Waals surface area contributed by atoms with Crippen LogP contribution in [0.15, 0.2) is 12.2 Å². The summed E-state index contributed by atoms with van der Waals surface area (Å²) in [7, 11) is 0. The molecule has 0 bridgehead atoms. The molecule has 0 aromatic carbocycles. The predicted octanol–water partition coefficient (Wildman–Crippen LogP) is 2.42. The summed E-state index contributed by atoms with van der Waals surface area (Å²) in [6.07, 6.45) is 9.51. The van der Waals surface area contributed by atoms with Crippen LogP contribution in [0.2, 0.25) is 0 Å². The van der Waals surface area contributed by atoms with E-state index in [4.69, 9.17) is 0 Å². The molecule has 0 saturated carbocycles. The Hall–Kier alpha value is 0.0900. The van der Waals surface area contributed by atoms with Gasteiger partial charge >= 0.3 is 0 Å². The molecule has 0 amide bonds. The fraction of sp³-hybridized carbons (Fsp3) is 0.714. The molecule has 0 spiro atoms. The van der Waals surface area contributed by atoms with Crippen molar-refractivity contribution in [2.24, 2.45) is 0 Å². The minimum Gasteiger partial charge on any atom is -0.176 e. The summed E-state index contributed by atoms with van der Waals surface area (Å²) >= 11 is 4.39. The Balaban J connectivity index is 2.28. The highest BCUT2D eigenvalue weighted by atomic mass is 32.1. The first kappa shape index (κ1) is 6.21. The zero-order chi connectivity index (χ0) is 5.82. The second-order valence-electron chi connectivity index (χ2n) is 2.28. The summed E-state index contributed by atoms with van der Waals surface area (Å²) < 4.78 is 0. The van der Waals surface area contributed by atoms with Gasteiger partial charge in [-0.1, -0.05) is 12.2 Å². The molecule has 0 unspecified atom stereocenters. The van der Waals surface area contributed by atoms with Crippen LogP contribution in [0.5, 0.6) is 0 Å². The van der Waals surface area contributed by atoms with Gasteiger partial charge < -0.3 is 0 Å². The SMILES string of the molecule is SC1CCC=CCC1. The monoisotopic (exact) mass is 128 g/mol. The third-order valence-corrected chi connectivity index (χ3v) is 2.02. The summed E-state index contributed by atoms with van der Waals surface area (Å²) in [5.74, 6) is 0. The van der Waals surface area contributed by atoms with Crippen molar-refractivity contribution >= 4 is 12.6 Å². The van der Waals surface area contributed by atoms with E-state index in [0.29, 0.717) is 5.25 Å². The summed E-state index contributed by atoms with van der Waals surface area (Å²) in [4.78, 5) is 0. The van der Waals surface area contributed by atoms with E-state index in [2.05, 4.69) is 24.8 Å². The molecule has 0 heterocycles. The number of thiol groups is 1. The van der Waals surface area contributed by atoms with Crippen LogP contribution in [-0.4, -0.2) is 5.25 Å². The third-order valence-electron chi connectivity index (χ3n) is 1.50. The van der Waals surface area contributed by atoms with E-state index in [9.17, 15) is 0 Å². The molecule has 1 heteroatoms. The average Bonchev–Trinajstić information content (AvgIpc) is 1.94. The van der Waals surface area contributed by atoms with Crippen molar-refractivity contribution in [2.75, 3.05) is 0 Å². The van der Waals surface area contributed by atoms with E-state index in [-0.39, 0.29) is 0 Å². The average molecular weight is 128 g/mol. The zero-order valence-corrected chi connectivity index (χ0v) is 5.90. The molecular formula is C7H12S. The Morgan fingerprint density at radius 1 is 1.12 bits per heavy atom. The van der Waals surface area contributed by atoms with E-state index in [1.807, 2.05) is 0 Å². The van der Waals surface area contributed by atoms with Crippen molar-refractivity contribution in [1.29, 1.82) is 0 Å². The maximum absolute atomic E-state index is 4.39. The highest BCUT2D eigenvalue weighted by Crippen LogP contribution is 2.15. The lowest BCUT2D eigenvalue weighted by Crippen LogP contribution is -1.93. The maximum atomic E-state index is 4.39. The van der Waals surface area contributed by atoms with Crippen LogP contribution in [0.4, 0.5) is 0 Å². The fourth-order valence-electron chi connectivity index (χ4n) is 0.957. The third kappa shape index (κ3) is 1.91. The standard InChI is InChI=1S/C7H12S/c8-7-5-3-1-2-4-6-7/h1-2,7-8H,3-6H2. The van der Waals surface area contributed by atoms with E-state index in [1.165, 1.54) is 25.7 Å². The van der Waals surface area contributed by atoms with Crippen LogP contribution < -0.4 is 0 Å². The molecule has 0 aromatic heterocycles. The van der Waals surface area contributed by atoms with Gasteiger partial charge in [0, 0.05) is 5.25 Å². The van der Waals surface area contributed by atoms with Gasteiger partial charge in [0.25, 0.3) is 0 Å². The first-order chi connectivity index (χ1) is 3.89. The lowest BCUT2D eigenvalue weighted by molar-refractivity contribution is 0.742. The van der Waals surface area contributed by atoms with Crippen molar-refractivity contribution in [3.8, 4) is 0 Å². The van der Waals surface area contributed by atoms with E-state index in [1.54, 1.807) is 0 Å². The van der Waals surface area contributed by atoms with E-state index >= 15 is 0 Å². The molecular weight excluding hydrogens is 116 g/mol. The number of allylic oxidation sites excluding steroid dienone is 2. The van der Waals surface area contributed by atoms with Crippen molar-refractivity contribution in [2.45, 2.75) is 30.9 Å². The lowest BCUT2D eigenvalue weighted by Gasteiger charge is -2.02. The van der Waals surface area contributed by atoms with Gasteiger partial charge in [-0.3, -0.25) is 0 Å². The molecule has 0 atom stereocenters. The highest BCUT2D eigenvalue weighted by Gasteiger charge is 2.01. The second-order valence-corrected chi connectivity index (χ2v) is 3.01. The molecule has 46 valence electrons. The molecule has 1 aliphatic rings. The molecule has 0 radical (unpaired) electrons. The molecule has 1 rings (SSSR count). The minimum absolute atomic E-state index is 0.657. The van der Waals surface area contributed by atoms with Crippen LogP contribution in [0.3, 0.4) is 0 Å². The summed E-state index contributed by atoms with van der Waals surface area (Å²) in [6.45, 7) is 0. The second kappa shape index (κ2) is 3.18. The summed E-state index contributed by atoms with van der Waals surface area (Å²) in [5, 5.41) is 0.657. The van der Waals surface area contributed by atoms with Gasteiger partial charge in [0.1, 0.15) is 0 Å². The Bertz CT molecular complexity index is 76.4. The first-order valence-corrected chi connectivity index (χ1v) is 3.74. The van der Waals surface area contributed by atoms with Crippen LogP contribution in [-0.2, 0) is 0 Å². The molecule has 0 N–H and O–H groups in total. The predicted molar refractivity (Wildman–Crippen MR) is 40.4 cm³/mol. The zero-order valence-electron chi connectivity index (χ0n) is 5.01. The van der Waals surface area contributed by atoms with E-state index < -0.39 is 0 Å². The fourth-order valence-corrected chi connectivity index (χ4v) is 1.26. The summed E-state index contributed by atoms with van der Waals surface area (Å²) in [6, 6.07) is 0. The largest absolute Gasteiger partial charge is 0.176 e. The first-order valence-electron chi connectivity index (χ1n) is 3.22. The van der Waals surface area contributed by atoms with Crippen LogP contribution in [0.1, 0.15) is 25.7 Å². The molecule has 0 nitrogen and oxygen atoms in total. The molecule has 1 aliphatic carbocycles. The molecule has 0 aliphatic heterocycles. The van der Waals surface area contributed by atoms with Crippen molar-refractivity contribution in [3.05, 3.63) is 12.2 Å². The van der Waals surface area contributed by atoms with Gasteiger partial charge in [-0.05, 0) is 25.7 Å². The number of hydrogen-bond acceptors (Lipinski definition) is 1. The quantitative estimate of drug-likeness (QED) is 0.376. The van der Waals surface area contributed by atoms with Gasteiger partial charge in [0.2, 0.25) is 0 Å². The van der Waals surface area contributed by atoms with Gasteiger partial charge in [-0.25, -0.2) is 0 Å².